The summed E-state index contributed by atoms with van der Waals surface area (Å²) in [5.41, 5.74) is 9.28. The second-order valence-electron chi connectivity index (χ2n) is 8.31. The van der Waals surface area contributed by atoms with Gasteiger partial charge in [0.1, 0.15) is 11.3 Å². The standard InChI is InChI=1S/C26H25ClN6O2S/c1-36-20-8-2-17(3-9-20)21-10-11-22-24(29-21)25(31-26(28)30-22)33-14-12-32(13-15-33)23(34)16-35-19-6-4-18(27)5-7-19/h2-11H,12-16H2,1H3,(H2,28,30,31). The molecule has 2 aromatic heterocycles. The van der Waals surface area contributed by atoms with Gasteiger partial charge >= 0.3 is 0 Å². The van der Waals surface area contributed by atoms with E-state index in [4.69, 9.17) is 27.1 Å². The molecule has 0 unspecified atom stereocenters. The maximum atomic E-state index is 12.7. The molecule has 36 heavy (non-hydrogen) atoms. The van der Waals surface area contributed by atoms with Crippen LogP contribution in [0.15, 0.2) is 65.6 Å². The van der Waals surface area contributed by atoms with Crippen molar-refractivity contribution in [2.75, 3.05) is 49.7 Å². The predicted octanol–water partition coefficient (Wildman–Crippen LogP) is 4.38. The third-order valence-electron chi connectivity index (χ3n) is 6.03. The molecule has 0 aliphatic carbocycles. The smallest absolute Gasteiger partial charge is 0.260 e. The van der Waals surface area contributed by atoms with E-state index < -0.39 is 0 Å². The van der Waals surface area contributed by atoms with Crippen LogP contribution in [0.1, 0.15) is 0 Å². The van der Waals surface area contributed by atoms with E-state index in [9.17, 15) is 4.79 Å². The number of hydrogen-bond acceptors (Lipinski definition) is 8. The van der Waals surface area contributed by atoms with Crippen LogP contribution in [0, 0.1) is 0 Å². The van der Waals surface area contributed by atoms with Crippen LogP contribution in [-0.2, 0) is 4.79 Å². The third-order valence-corrected chi connectivity index (χ3v) is 7.03. The van der Waals surface area contributed by atoms with Gasteiger partial charge in [-0.2, -0.15) is 4.98 Å². The lowest BCUT2D eigenvalue weighted by Gasteiger charge is -2.35. The first-order chi connectivity index (χ1) is 17.5. The van der Waals surface area contributed by atoms with Crippen molar-refractivity contribution in [1.82, 2.24) is 19.9 Å². The predicted molar refractivity (Wildman–Crippen MR) is 145 cm³/mol. The minimum atomic E-state index is -0.0641. The molecular weight excluding hydrogens is 496 g/mol. The number of carbonyl (C=O) groups is 1. The van der Waals surface area contributed by atoms with E-state index in [2.05, 4.69) is 45.4 Å². The third kappa shape index (κ3) is 5.32. The summed E-state index contributed by atoms with van der Waals surface area (Å²) in [5.74, 6) is 1.43. The number of hydrogen-bond donors (Lipinski definition) is 1. The van der Waals surface area contributed by atoms with Gasteiger partial charge in [-0.05, 0) is 54.8 Å². The molecule has 8 nitrogen and oxygen atoms in total. The van der Waals surface area contributed by atoms with Gasteiger partial charge in [-0.15, -0.1) is 11.8 Å². The number of aromatic nitrogens is 3. The Morgan fingerprint density at radius 2 is 1.69 bits per heavy atom. The number of piperazine rings is 1. The SMILES string of the molecule is CSc1ccc(-c2ccc3nc(N)nc(N4CCN(C(=O)COc5ccc(Cl)cc5)CC4)c3n2)cc1. The average Bonchev–Trinajstić information content (AvgIpc) is 2.92. The Balaban J connectivity index is 1.30. The van der Waals surface area contributed by atoms with Crippen LogP contribution >= 0.6 is 23.4 Å². The number of rotatable bonds is 6. The molecule has 10 heteroatoms. The number of fused-ring (bicyclic) bond motifs is 1. The molecule has 0 bridgehead atoms. The highest BCUT2D eigenvalue weighted by Crippen LogP contribution is 2.28. The highest BCUT2D eigenvalue weighted by atomic mass is 35.5. The van der Waals surface area contributed by atoms with Crippen LogP contribution in [0.2, 0.25) is 5.02 Å². The van der Waals surface area contributed by atoms with E-state index in [0.717, 1.165) is 11.3 Å². The van der Waals surface area contributed by atoms with E-state index in [1.807, 2.05) is 12.1 Å². The molecule has 0 atom stereocenters. The van der Waals surface area contributed by atoms with Crippen LogP contribution < -0.4 is 15.4 Å². The Morgan fingerprint density at radius 1 is 0.972 bits per heavy atom. The molecule has 0 spiro atoms. The lowest BCUT2D eigenvalue weighted by atomic mass is 10.1. The molecule has 2 N–H and O–H groups in total. The fourth-order valence-corrected chi connectivity index (χ4v) is 4.63. The van der Waals surface area contributed by atoms with E-state index >= 15 is 0 Å². The molecule has 4 aromatic rings. The topological polar surface area (TPSA) is 97.5 Å². The lowest BCUT2D eigenvalue weighted by Crippen LogP contribution is -2.50. The van der Waals surface area contributed by atoms with E-state index in [1.165, 1.54) is 4.90 Å². The van der Waals surface area contributed by atoms with Crippen LogP contribution in [-0.4, -0.2) is 64.8 Å². The Morgan fingerprint density at radius 3 is 2.39 bits per heavy atom. The molecule has 1 saturated heterocycles. The summed E-state index contributed by atoms with van der Waals surface area (Å²) >= 11 is 7.60. The molecule has 1 aliphatic rings. The molecule has 1 aliphatic heterocycles. The number of thioether (sulfide) groups is 1. The number of halogens is 1. The van der Waals surface area contributed by atoms with Gasteiger partial charge in [-0.25, -0.2) is 9.97 Å². The van der Waals surface area contributed by atoms with Gasteiger partial charge in [0.25, 0.3) is 5.91 Å². The Hall–Kier alpha value is -3.56. The van der Waals surface area contributed by atoms with Crippen molar-refractivity contribution in [2.45, 2.75) is 4.90 Å². The van der Waals surface area contributed by atoms with Crippen molar-refractivity contribution < 1.29 is 9.53 Å². The maximum Gasteiger partial charge on any atom is 0.260 e. The van der Waals surface area contributed by atoms with Crippen molar-refractivity contribution in [3.05, 3.63) is 65.7 Å². The molecule has 1 amide bonds. The van der Waals surface area contributed by atoms with Crippen LogP contribution in [0.5, 0.6) is 5.75 Å². The monoisotopic (exact) mass is 520 g/mol. The fourth-order valence-electron chi connectivity index (χ4n) is 4.09. The van der Waals surface area contributed by atoms with Crippen molar-refractivity contribution in [2.24, 2.45) is 0 Å². The summed E-state index contributed by atoms with van der Waals surface area (Å²) in [6, 6.07) is 19.1. The largest absolute Gasteiger partial charge is 0.484 e. The van der Waals surface area contributed by atoms with E-state index in [-0.39, 0.29) is 18.5 Å². The summed E-state index contributed by atoms with van der Waals surface area (Å²) in [4.78, 5) is 31.6. The van der Waals surface area contributed by atoms with Crippen molar-refractivity contribution in [3.63, 3.8) is 0 Å². The fraction of sp³-hybridized carbons (Fsp3) is 0.231. The minimum Gasteiger partial charge on any atom is -0.484 e. The first-order valence-corrected chi connectivity index (χ1v) is 13.1. The Kier molecular flexibility index (Phi) is 7.11. The number of nitrogens with two attached hydrogens (primary N) is 1. The number of ether oxygens (including phenoxy) is 1. The number of carbonyl (C=O) groups excluding carboxylic acids is 1. The minimum absolute atomic E-state index is 0.0226. The number of anilines is 2. The van der Waals surface area contributed by atoms with Gasteiger partial charge in [0.05, 0.1) is 11.2 Å². The summed E-state index contributed by atoms with van der Waals surface area (Å²) in [6.07, 6.45) is 2.05. The summed E-state index contributed by atoms with van der Waals surface area (Å²) in [6.45, 7) is 2.28. The van der Waals surface area contributed by atoms with Gasteiger partial charge in [0.15, 0.2) is 12.4 Å². The van der Waals surface area contributed by atoms with Gasteiger partial charge in [-0.3, -0.25) is 4.79 Å². The van der Waals surface area contributed by atoms with Crippen LogP contribution in [0.25, 0.3) is 22.3 Å². The van der Waals surface area contributed by atoms with E-state index in [0.29, 0.717) is 53.8 Å². The Bertz CT molecular complexity index is 1380. The number of amides is 1. The molecule has 184 valence electrons. The highest BCUT2D eigenvalue weighted by molar-refractivity contribution is 7.98. The number of pyridine rings is 1. The molecular formula is C26H25ClN6O2S. The zero-order valence-electron chi connectivity index (χ0n) is 19.7. The van der Waals surface area contributed by atoms with Crippen LogP contribution in [0.3, 0.4) is 0 Å². The van der Waals surface area contributed by atoms with Crippen molar-refractivity contribution >= 4 is 52.1 Å². The molecule has 3 heterocycles. The van der Waals surface area contributed by atoms with Gasteiger partial charge < -0.3 is 20.3 Å². The Labute approximate surface area is 218 Å². The second-order valence-corrected chi connectivity index (χ2v) is 9.62. The zero-order valence-corrected chi connectivity index (χ0v) is 21.3. The molecule has 0 radical (unpaired) electrons. The highest BCUT2D eigenvalue weighted by Gasteiger charge is 2.24. The zero-order chi connectivity index (χ0) is 25.1. The summed E-state index contributed by atoms with van der Waals surface area (Å²) < 4.78 is 5.62. The molecule has 2 aromatic carbocycles. The molecule has 0 saturated carbocycles. The average molecular weight is 521 g/mol. The maximum absolute atomic E-state index is 12.7. The summed E-state index contributed by atoms with van der Waals surface area (Å²) in [7, 11) is 0. The second kappa shape index (κ2) is 10.6. The van der Waals surface area contributed by atoms with E-state index in [1.54, 1.807) is 40.9 Å². The lowest BCUT2D eigenvalue weighted by molar-refractivity contribution is -0.133. The van der Waals surface area contributed by atoms with Crippen LogP contribution in [0.4, 0.5) is 11.8 Å². The quantitative estimate of drug-likeness (QED) is 0.374. The van der Waals surface area contributed by atoms with Crippen molar-refractivity contribution in [3.8, 4) is 17.0 Å². The number of benzene rings is 2. The van der Waals surface area contributed by atoms with Crippen molar-refractivity contribution in [1.29, 1.82) is 0 Å². The van der Waals surface area contributed by atoms with Gasteiger partial charge in [0, 0.05) is 41.7 Å². The first-order valence-electron chi connectivity index (χ1n) is 11.5. The summed E-state index contributed by atoms with van der Waals surface area (Å²) in [5, 5.41) is 0.623. The molecule has 1 fully saturated rings. The first kappa shape index (κ1) is 24.1. The number of nitrogens with zero attached hydrogens (tertiary/aromatic N) is 5. The normalized spacial score (nSPS) is 13.7. The number of nitrogen functional groups attached to an aromatic ring is 1. The van der Waals surface area contributed by atoms with Gasteiger partial charge in [-0.1, -0.05) is 23.7 Å². The molecule has 5 rings (SSSR count). The van der Waals surface area contributed by atoms with Gasteiger partial charge in [0.2, 0.25) is 5.95 Å².